The van der Waals surface area contributed by atoms with Gasteiger partial charge in [0.1, 0.15) is 5.65 Å². The number of fused-ring (bicyclic) bond motifs is 1. The number of aryl methyl sites for hydroxylation is 1. The molecular weight excluding hydrogens is 308 g/mol. The Labute approximate surface area is 141 Å². The van der Waals surface area contributed by atoms with Crippen LogP contribution in [0.2, 0.25) is 0 Å². The minimum atomic E-state index is 0.111. The Morgan fingerprint density at radius 1 is 1.43 bits per heavy atom. The molecule has 0 aromatic carbocycles. The second-order valence-corrected chi connectivity index (χ2v) is 7.28. The van der Waals surface area contributed by atoms with Crippen LogP contribution in [0.1, 0.15) is 30.5 Å². The predicted molar refractivity (Wildman–Crippen MR) is 94.4 cm³/mol. The van der Waals surface area contributed by atoms with Crippen LogP contribution in [-0.4, -0.2) is 33.6 Å². The Morgan fingerprint density at radius 2 is 2.30 bits per heavy atom. The number of amides is 1. The molecule has 1 amide bonds. The minimum absolute atomic E-state index is 0.111. The fourth-order valence-electron chi connectivity index (χ4n) is 3.23. The van der Waals surface area contributed by atoms with Gasteiger partial charge in [0.25, 0.3) is 0 Å². The Balaban J connectivity index is 1.47. The summed E-state index contributed by atoms with van der Waals surface area (Å²) >= 11 is 1.61. The van der Waals surface area contributed by atoms with Crippen LogP contribution >= 0.6 is 11.8 Å². The van der Waals surface area contributed by atoms with Crippen molar-refractivity contribution in [2.75, 3.05) is 12.3 Å². The zero-order chi connectivity index (χ0) is 16.2. The third kappa shape index (κ3) is 4.06. The van der Waals surface area contributed by atoms with E-state index < -0.39 is 0 Å². The van der Waals surface area contributed by atoms with Crippen LogP contribution in [-0.2, 0) is 10.5 Å². The summed E-state index contributed by atoms with van der Waals surface area (Å²) in [7, 11) is 0. The largest absolute Gasteiger partial charge is 0.352 e. The number of hydrogen-bond acceptors (Lipinski definition) is 4. The number of rotatable bonds is 6. The molecule has 0 radical (unpaired) electrons. The first kappa shape index (κ1) is 16.3. The summed E-state index contributed by atoms with van der Waals surface area (Å²) in [6.07, 6.45) is 7.46. The molecule has 2 unspecified atom stereocenters. The van der Waals surface area contributed by atoms with E-state index in [1.54, 1.807) is 11.8 Å². The summed E-state index contributed by atoms with van der Waals surface area (Å²) in [5.74, 6) is 1.78. The van der Waals surface area contributed by atoms with E-state index in [-0.39, 0.29) is 11.9 Å². The molecule has 3 rings (SSSR count). The van der Waals surface area contributed by atoms with Crippen molar-refractivity contribution in [2.24, 2.45) is 11.7 Å². The van der Waals surface area contributed by atoms with E-state index in [4.69, 9.17) is 5.73 Å². The van der Waals surface area contributed by atoms with Crippen LogP contribution < -0.4 is 11.1 Å². The van der Waals surface area contributed by atoms with Crippen molar-refractivity contribution in [1.29, 1.82) is 0 Å². The molecule has 6 heteroatoms. The molecule has 124 valence electrons. The van der Waals surface area contributed by atoms with E-state index in [2.05, 4.69) is 29.5 Å². The summed E-state index contributed by atoms with van der Waals surface area (Å²) < 4.78 is 2.04. The number of thioether (sulfide) groups is 1. The molecule has 1 fully saturated rings. The molecule has 0 aliphatic heterocycles. The highest BCUT2D eigenvalue weighted by Crippen LogP contribution is 2.24. The van der Waals surface area contributed by atoms with Crippen LogP contribution in [0.3, 0.4) is 0 Å². The molecule has 2 aromatic heterocycles. The predicted octanol–water partition coefficient (Wildman–Crippen LogP) is 2.12. The Bertz CT molecular complexity index is 684. The fourth-order valence-corrected chi connectivity index (χ4v) is 3.95. The van der Waals surface area contributed by atoms with Gasteiger partial charge in [-0.3, -0.25) is 4.79 Å². The number of nitrogens with one attached hydrogen (secondary N) is 1. The molecule has 2 aromatic rings. The molecule has 2 atom stereocenters. The van der Waals surface area contributed by atoms with Crippen molar-refractivity contribution in [3.63, 3.8) is 0 Å². The van der Waals surface area contributed by atoms with Gasteiger partial charge in [-0.15, -0.1) is 11.8 Å². The van der Waals surface area contributed by atoms with E-state index >= 15 is 0 Å². The third-order valence-electron chi connectivity index (χ3n) is 4.44. The molecule has 1 aliphatic rings. The number of imidazole rings is 1. The monoisotopic (exact) mass is 332 g/mol. The molecule has 0 spiro atoms. The lowest BCUT2D eigenvalue weighted by atomic mass is 10.0. The molecule has 5 nitrogen and oxygen atoms in total. The van der Waals surface area contributed by atoms with Gasteiger partial charge < -0.3 is 15.5 Å². The number of carbonyl (C=O) groups is 1. The van der Waals surface area contributed by atoms with Gasteiger partial charge in [-0.25, -0.2) is 4.98 Å². The molecule has 1 saturated carbocycles. The van der Waals surface area contributed by atoms with Gasteiger partial charge in [0, 0.05) is 24.2 Å². The lowest BCUT2D eigenvalue weighted by Crippen LogP contribution is -2.40. The number of nitrogens with zero attached hydrogens (tertiary/aromatic N) is 2. The number of aromatic nitrogens is 2. The highest BCUT2D eigenvalue weighted by Gasteiger charge is 2.27. The highest BCUT2D eigenvalue weighted by atomic mass is 32.2. The summed E-state index contributed by atoms with van der Waals surface area (Å²) in [6, 6.07) is 4.34. The van der Waals surface area contributed by atoms with Crippen molar-refractivity contribution in [1.82, 2.24) is 14.7 Å². The van der Waals surface area contributed by atoms with Gasteiger partial charge >= 0.3 is 0 Å². The van der Waals surface area contributed by atoms with Gasteiger partial charge in [-0.2, -0.15) is 0 Å². The van der Waals surface area contributed by atoms with E-state index in [0.717, 1.165) is 29.9 Å². The standard InChI is InChI=1S/C17H24N4OS/c1-12-5-6-16-19-14(9-21(16)8-12)10-23-11-17(22)20-15-4-2-3-13(15)7-18/h5-6,8-9,13,15H,2-4,7,10-11,18H2,1H3,(H,20,22). The fraction of sp³-hybridized carbons (Fsp3) is 0.529. The first-order valence-corrected chi connectivity index (χ1v) is 9.32. The molecule has 0 saturated heterocycles. The maximum Gasteiger partial charge on any atom is 0.230 e. The molecule has 23 heavy (non-hydrogen) atoms. The smallest absolute Gasteiger partial charge is 0.230 e. The van der Waals surface area contributed by atoms with Crippen LogP contribution in [0.5, 0.6) is 0 Å². The molecule has 2 heterocycles. The van der Waals surface area contributed by atoms with Crippen molar-refractivity contribution in [3.8, 4) is 0 Å². The zero-order valence-electron chi connectivity index (χ0n) is 13.5. The lowest BCUT2D eigenvalue weighted by Gasteiger charge is -2.19. The van der Waals surface area contributed by atoms with Gasteiger partial charge in [0.05, 0.1) is 11.4 Å². The van der Waals surface area contributed by atoms with E-state index in [1.165, 1.54) is 12.0 Å². The minimum Gasteiger partial charge on any atom is -0.352 e. The average molecular weight is 332 g/mol. The third-order valence-corrected chi connectivity index (χ3v) is 5.41. The van der Waals surface area contributed by atoms with Gasteiger partial charge in [0.2, 0.25) is 5.91 Å². The second-order valence-electron chi connectivity index (χ2n) is 6.30. The van der Waals surface area contributed by atoms with Crippen molar-refractivity contribution < 1.29 is 4.79 Å². The van der Waals surface area contributed by atoms with Crippen LogP contribution in [0.25, 0.3) is 5.65 Å². The normalized spacial score (nSPS) is 21.0. The summed E-state index contributed by atoms with van der Waals surface area (Å²) in [6.45, 7) is 2.73. The molecule has 1 aliphatic carbocycles. The first-order chi connectivity index (χ1) is 11.2. The molecule has 0 bridgehead atoms. The van der Waals surface area contributed by atoms with E-state index in [0.29, 0.717) is 18.2 Å². The highest BCUT2D eigenvalue weighted by molar-refractivity contribution is 7.99. The Kier molecular flexibility index (Phi) is 5.23. The van der Waals surface area contributed by atoms with Crippen molar-refractivity contribution in [3.05, 3.63) is 35.8 Å². The number of carbonyl (C=O) groups excluding carboxylic acids is 1. The number of pyridine rings is 1. The Morgan fingerprint density at radius 3 is 3.13 bits per heavy atom. The quantitative estimate of drug-likeness (QED) is 0.850. The lowest BCUT2D eigenvalue weighted by molar-refractivity contribution is -0.119. The Hall–Kier alpha value is -1.53. The topological polar surface area (TPSA) is 72.4 Å². The summed E-state index contributed by atoms with van der Waals surface area (Å²) in [5.41, 5.74) is 8.92. The van der Waals surface area contributed by atoms with Crippen LogP contribution in [0, 0.1) is 12.8 Å². The van der Waals surface area contributed by atoms with Gasteiger partial charge in [-0.05, 0) is 43.9 Å². The summed E-state index contributed by atoms with van der Waals surface area (Å²) in [5, 5.41) is 3.13. The van der Waals surface area contributed by atoms with Crippen molar-refractivity contribution in [2.45, 2.75) is 38.0 Å². The van der Waals surface area contributed by atoms with Crippen molar-refractivity contribution >= 4 is 23.3 Å². The second kappa shape index (κ2) is 7.36. The zero-order valence-corrected chi connectivity index (χ0v) is 14.3. The molecule has 3 N–H and O–H groups in total. The SMILES string of the molecule is Cc1ccc2nc(CSCC(=O)NC3CCCC3CN)cn2c1. The number of nitrogens with two attached hydrogens (primary N) is 1. The van der Waals surface area contributed by atoms with Crippen LogP contribution in [0.4, 0.5) is 0 Å². The van der Waals surface area contributed by atoms with E-state index in [1.807, 2.05) is 16.7 Å². The maximum absolute atomic E-state index is 12.1. The van der Waals surface area contributed by atoms with Gasteiger partial charge in [0.15, 0.2) is 0 Å². The number of hydrogen-bond donors (Lipinski definition) is 2. The van der Waals surface area contributed by atoms with E-state index in [9.17, 15) is 4.79 Å². The van der Waals surface area contributed by atoms with Gasteiger partial charge in [-0.1, -0.05) is 12.5 Å². The first-order valence-electron chi connectivity index (χ1n) is 8.17. The summed E-state index contributed by atoms with van der Waals surface area (Å²) in [4.78, 5) is 16.6. The molecular formula is C17H24N4OS. The maximum atomic E-state index is 12.1. The average Bonchev–Trinajstić information content (AvgIpc) is 3.12. The van der Waals surface area contributed by atoms with Crippen LogP contribution in [0.15, 0.2) is 24.5 Å².